The Morgan fingerprint density at radius 2 is 0.902 bits per heavy atom. The van der Waals surface area contributed by atoms with Gasteiger partial charge in [-0.15, -0.1) is 0 Å². The van der Waals surface area contributed by atoms with Crippen molar-refractivity contribution in [2.45, 2.75) is 71.6 Å². The van der Waals surface area contributed by atoms with Crippen LogP contribution in [0.4, 0.5) is 0 Å². The molecule has 51 heavy (non-hydrogen) atoms. The average Bonchev–Trinajstić information content (AvgIpc) is 4.01. The lowest BCUT2D eigenvalue weighted by molar-refractivity contribution is -0.441. The molecule has 13 aliphatic carbocycles. The van der Waals surface area contributed by atoms with E-state index in [0.29, 0.717) is 57.2 Å². The van der Waals surface area contributed by atoms with E-state index in [1.165, 1.54) is 41.2 Å². The van der Waals surface area contributed by atoms with Gasteiger partial charge in [-0.1, -0.05) is 52.0 Å². The van der Waals surface area contributed by atoms with E-state index in [9.17, 15) is 10.5 Å². The van der Waals surface area contributed by atoms with Crippen molar-refractivity contribution in [2.24, 2.45) is 116 Å². The van der Waals surface area contributed by atoms with Gasteiger partial charge in [-0.2, -0.15) is 10.5 Å². The molecule has 13 aliphatic rings. The minimum Gasteiger partial charge on any atom is -0.496 e. The fraction of sp³-hybridized carbons (Fsp3) is 0.702. The third-order valence-corrected chi connectivity index (χ3v) is 22.4. The summed E-state index contributed by atoms with van der Waals surface area (Å²) >= 11 is 0. The van der Waals surface area contributed by atoms with Gasteiger partial charge in [0.2, 0.25) is 0 Å². The monoisotopic (exact) mass is 674 g/mol. The molecule has 2 aromatic carbocycles. The maximum Gasteiger partial charge on any atom is 0.130 e. The highest BCUT2D eigenvalue weighted by molar-refractivity contribution is 5.97. The molecular formula is C47H50N2O2. The number of fused-ring (bicyclic) bond motifs is 33. The number of nitriles is 2. The predicted molar refractivity (Wildman–Crippen MR) is 192 cm³/mol. The summed E-state index contributed by atoms with van der Waals surface area (Å²) < 4.78 is 12.7. The molecule has 0 N–H and O–H groups in total. The van der Waals surface area contributed by atoms with Crippen molar-refractivity contribution >= 4 is 10.8 Å². The first kappa shape index (κ1) is 28.5. The van der Waals surface area contributed by atoms with Crippen LogP contribution < -0.4 is 9.47 Å². The molecule has 2 aromatic rings. The highest BCUT2D eigenvalue weighted by Gasteiger charge is 2.97. The number of ether oxygens (including phenoxy) is 2. The van der Waals surface area contributed by atoms with Crippen LogP contribution in [0.2, 0.25) is 0 Å². The van der Waals surface area contributed by atoms with E-state index in [4.69, 9.17) is 9.47 Å². The fourth-order valence-electron chi connectivity index (χ4n) is 22.3. The zero-order valence-electron chi connectivity index (χ0n) is 30.9. The number of methoxy groups -OCH3 is 2. The van der Waals surface area contributed by atoms with Gasteiger partial charge in [-0.3, -0.25) is 0 Å². The molecule has 0 aromatic heterocycles. The molecule has 260 valence electrons. The summed E-state index contributed by atoms with van der Waals surface area (Å²) in [7, 11) is 3.80. The second kappa shape index (κ2) is 7.94. The Labute approximate surface area is 302 Å². The average molecular weight is 675 g/mol. The van der Waals surface area contributed by atoms with Crippen LogP contribution >= 0.6 is 0 Å². The van der Waals surface area contributed by atoms with Gasteiger partial charge in [0.25, 0.3) is 0 Å². The van der Waals surface area contributed by atoms with Gasteiger partial charge < -0.3 is 9.47 Å². The van der Waals surface area contributed by atoms with E-state index in [1.807, 2.05) is 14.2 Å². The largest absolute Gasteiger partial charge is 0.496 e. The third-order valence-electron chi connectivity index (χ3n) is 22.4. The van der Waals surface area contributed by atoms with Gasteiger partial charge in [0.1, 0.15) is 11.5 Å². The molecule has 0 spiro atoms. The molecule has 0 saturated heterocycles. The number of allylic oxidation sites excluding steroid dienone is 2. The first-order valence-electron chi connectivity index (χ1n) is 20.9. The van der Waals surface area contributed by atoms with Crippen molar-refractivity contribution in [1.82, 2.24) is 0 Å². The molecule has 4 nitrogen and oxygen atoms in total. The lowest BCUT2D eigenvalue weighted by atomic mass is 9.13. The molecule has 0 heterocycles. The first-order chi connectivity index (χ1) is 24.7. The zero-order valence-corrected chi connectivity index (χ0v) is 30.9. The number of benzene rings is 2. The number of rotatable bonds is 2. The van der Waals surface area contributed by atoms with Crippen LogP contribution in [-0.2, 0) is 0 Å². The standard InChI is InChI=1S/C47H50N2O2/c1-44-34-22-13-23(31-19-12-11-18(30(22)31)28(16-48)29(19)17-49)35(34)45(44,2)39-27-15-26(38(39)44)40-41(27)47(4)37-25-14-24(36(37)46(40,47)3)32-33(25)43(51-6)21-10-8-7-9-20(21)42(32)50-5/h7-10,18-19,22-27,30-31,34-41H,11-15H2,1-6H3/t18-,19+,22-,23+,24+,25-,26-,27+,30+,31-,34-,35+,36+,37-,38+,39-,40-,41+,44-,45+,46+,47-. The van der Waals surface area contributed by atoms with Crippen molar-refractivity contribution in [3.05, 3.63) is 46.5 Å². The van der Waals surface area contributed by atoms with Crippen LogP contribution in [0.5, 0.6) is 11.5 Å². The highest BCUT2D eigenvalue weighted by atomic mass is 16.5. The Bertz CT molecular complexity index is 2080. The summed E-state index contributed by atoms with van der Waals surface area (Å²) in [5, 5.41) is 23.0. The molecule has 10 saturated carbocycles. The summed E-state index contributed by atoms with van der Waals surface area (Å²) in [5.41, 5.74) is 6.67. The Balaban J connectivity index is 0.861. The summed E-state index contributed by atoms with van der Waals surface area (Å²) in [6.45, 7) is 11.2. The molecule has 8 bridgehead atoms. The molecule has 15 rings (SSSR count). The lowest BCUT2D eigenvalue weighted by Crippen LogP contribution is -2.87. The molecule has 4 heteroatoms. The quantitative estimate of drug-likeness (QED) is 0.235. The predicted octanol–water partition coefficient (Wildman–Crippen LogP) is 9.37. The van der Waals surface area contributed by atoms with Crippen molar-refractivity contribution in [3.8, 4) is 23.6 Å². The molecule has 0 aliphatic heterocycles. The van der Waals surface area contributed by atoms with Gasteiger partial charge >= 0.3 is 0 Å². The Morgan fingerprint density at radius 1 is 0.529 bits per heavy atom. The van der Waals surface area contributed by atoms with Crippen molar-refractivity contribution in [1.29, 1.82) is 10.5 Å². The number of hydrogen-bond acceptors (Lipinski definition) is 4. The molecule has 22 atom stereocenters. The van der Waals surface area contributed by atoms with Crippen LogP contribution in [0.15, 0.2) is 35.4 Å². The van der Waals surface area contributed by atoms with Gasteiger partial charge in [0, 0.05) is 33.0 Å². The fourth-order valence-corrected chi connectivity index (χ4v) is 22.3. The van der Waals surface area contributed by atoms with Gasteiger partial charge in [-0.25, -0.2) is 0 Å². The summed E-state index contributed by atoms with van der Waals surface area (Å²) in [6, 6.07) is 14.0. The van der Waals surface area contributed by atoms with E-state index < -0.39 is 0 Å². The first-order valence-corrected chi connectivity index (χ1v) is 20.9. The normalized spacial score (nSPS) is 60.5. The van der Waals surface area contributed by atoms with E-state index in [1.54, 1.807) is 0 Å². The van der Waals surface area contributed by atoms with E-state index in [2.05, 4.69) is 64.1 Å². The van der Waals surface area contributed by atoms with Crippen LogP contribution in [0, 0.1) is 139 Å². The van der Waals surface area contributed by atoms with Gasteiger partial charge in [0.05, 0.1) is 26.4 Å². The molecular weight excluding hydrogens is 625 g/mol. The molecule has 0 amide bonds. The van der Waals surface area contributed by atoms with Crippen LogP contribution in [-0.4, -0.2) is 14.2 Å². The molecule has 10 fully saturated rings. The lowest BCUT2D eigenvalue weighted by Gasteiger charge is -2.91. The Morgan fingerprint density at radius 3 is 1.29 bits per heavy atom. The zero-order chi connectivity index (χ0) is 34.2. The molecule has 0 unspecified atom stereocenters. The van der Waals surface area contributed by atoms with E-state index >= 15 is 0 Å². The smallest absolute Gasteiger partial charge is 0.130 e. The number of nitrogens with zero attached hydrogens (tertiary/aromatic N) is 2. The van der Waals surface area contributed by atoms with Crippen LogP contribution in [0.25, 0.3) is 10.8 Å². The van der Waals surface area contributed by atoms with E-state index in [0.717, 1.165) is 107 Å². The number of hydrogen-bond donors (Lipinski definition) is 0. The third kappa shape index (κ3) is 2.22. The minimum atomic E-state index is 0.373. The van der Waals surface area contributed by atoms with Crippen LogP contribution in [0.3, 0.4) is 0 Å². The SMILES string of the molecule is COc1c2c(c(OC)c3ccccc13)[C@@H]1C[C@H]2[C@@H]2[C@H]1[C@@]1(C)[C@@H]3[C@@H]4C[C@@H]([C@@H]5[C@H]4[C@@]4(C)[C@@H]6[C@@H]7C[C@@H]([C@@H]8[C@H]7[C@@H]7CC[C@H]8C(C#N)=C7C#N)[C@@H]6[C@@]54C)[C@@H]3[C@@]21C. The van der Waals surface area contributed by atoms with Gasteiger partial charge in [0.15, 0.2) is 0 Å². The second-order valence-electron chi connectivity index (χ2n) is 21.3. The Kier molecular flexibility index (Phi) is 4.44. The second-order valence-corrected chi connectivity index (χ2v) is 21.3. The topological polar surface area (TPSA) is 66.0 Å². The van der Waals surface area contributed by atoms with Crippen molar-refractivity contribution in [3.63, 3.8) is 0 Å². The highest BCUT2D eigenvalue weighted by Crippen LogP contribution is 3.01. The van der Waals surface area contributed by atoms with E-state index in [-0.39, 0.29) is 0 Å². The van der Waals surface area contributed by atoms with Gasteiger partial charge in [-0.05, 0) is 160 Å². The Hall–Kier alpha value is -2.98. The summed E-state index contributed by atoms with van der Waals surface area (Å²) in [5.74, 6) is 15.9. The maximum atomic E-state index is 10.3. The van der Waals surface area contributed by atoms with Crippen molar-refractivity contribution < 1.29 is 9.47 Å². The summed E-state index contributed by atoms with van der Waals surface area (Å²) in [6.07, 6.45) is 6.52. The minimum absolute atomic E-state index is 0.373. The van der Waals surface area contributed by atoms with Crippen LogP contribution in [0.1, 0.15) is 82.8 Å². The summed E-state index contributed by atoms with van der Waals surface area (Å²) in [4.78, 5) is 0. The molecule has 0 radical (unpaired) electrons. The van der Waals surface area contributed by atoms with Crippen molar-refractivity contribution in [2.75, 3.05) is 14.2 Å². The maximum absolute atomic E-state index is 10.3.